The molecule has 0 saturated carbocycles. The van der Waals surface area contributed by atoms with Crippen LogP contribution in [0.1, 0.15) is 41.3 Å². The number of ether oxygens (including phenoxy) is 2. The molecule has 0 N–H and O–H groups in total. The lowest BCUT2D eigenvalue weighted by atomic mass is 10.0. The minimum atomic E-state index is -0.321. The summed E-state index contributed by atoms with van der Waals surface area (Å²) in [4.78, 5) is 18.4. The first-order chi connectivity index (χ1) is 13.5. The van der Waals surface area contributed by atoms with Gasteiger partial charge in [-0.1, -0.05) is 24.3 Å². The number of aromatic nitrogens is 1. The van der Waals surface area contributed by atoms with Crippen LogP contribution in [-0.4, -0.2) is 49.2 Å². The molecule has 6 heteroatoms. The summed E-state index contributed by atoms with van der Waals surface area (Å²) < 4.78 is 10.6. The number of benzene rings is 1. The Morgan fingerprint density at radius 3 is 2.86 bits per heavy atom. The third-order valence-electron chi connectivity index (χ3n) is 5.00. The van der Waals surface area contributed by atoms with Crippen molar-refractivity contribution < 1.29 is 14.3 Å². The number of rotatable bonds is 7. The van der Waals surface area contributed by atoms with Gasteiger partial charge in [0.15, 0.2) is 0 Å². The van der Waals surface area contributed by atoms with Crippen molar-refractivity contribution in [3.8, 4) is 0 Å². The van der Waals surface area contributed by atoms with E-state index in [2.05, 4.69) is 44.3 Å². The molecule has 1 aliphatic rings. The van der Waals surface area contributed by atoms with E-state index in [0.29, 0.717) is 0 Å². The van der Waals surface area contributed by atoms with Crippen LogP contribution in [0.4, 0.5) is 0 Å². The van der Waals surface area contributed by atoms with Crippen LogP contribution in [0.5, 0.6) is 0 Å². The highest BCUT2D eigenvalue weighted by Gasteiger charge is 2.23. The van der Waals surface area contributed by atoms with Crippen molar-refractivity contribution in [2.45, 2.75) is 32.8 Å². The molecule has 1 fully saturated rings. The van der Waals surface area contributed by atoms with Crippen LogP contribution in [-0.2, 0) is 20.7 Å². The van der Waals surface area contributed by atoms with Crippen LogP contribution < -0.4 is 0 Å². The van der Waals surface area contributed by atoms with Crippen molar-refractivity contribution in [1.82, 2.24) is 9.88 Å². The fraction of sp³-hybridized carbons (Fsp3) is 0.455. The first kappa shape index (κ1) is 20.7. The Morgan fingerprint density at radius 1 is 1.39 bits per heavy atom. The molecule has 0 spiro atoms. The molecule has 0 amide bonds. The second kappa shape index (κ2) is 9.96. The van der Waals surface area contributed by atoms with E-state index in [1.54, 1.807) is 11.3 Å². The van der Waals surface area contributed by atoms with Crippen LogP contribution in [0.2, 0.25) is 0 Å². The van der Waals surface area contributed by atoms with E-state index in [0.717, 1.165) is 60.9 Å². The number of nitrogens with zero attached hydrogens (tertiary/aromatic N) is 2. The normalized spacial score (nSPS) is 18.2. The number of carbonyl (C=O) groups excluding carboxylic acids is 1. The van der Waals surface area contributed by atoms with Gasteiger partial charge < -0.3 is 9.47 Å². The van der Waals surface area contributed by atoms with Crippen LogP contribution in [0.25, 0.3) is 5.57 Å². The Morgan fingerprint density at radius 2 is 2.18 bits per heavy atom. The average molecular weight is 401 g/mol. The summed E-state index contributed by atoms with van der Waals surface area (Å²) in [7, 11) is 1.39. The van der Waals surface area contributed by atoms with E-state index in [1.807, 2.05) is 13.8 Å². The molecule has 1 atom stereocenters. The molecule has 1 unspecified atom stereocenters. The number of allylic oxidation sites excluding steroid dienone is 1. The quantitative estimate of drug-likeness (QED) is 0.519. The number of thiazole rings is 1. The van der Waals surface area contributed by atoms with Gasteiger partial charge in [-0.05, 0) is 49.9 Å². The SMILES string of the molecule is COC(=O)C=C(C)c1ccc(CCCN2CCOC(c3csc(C)n3)C2)cc1. The number of methoxy groups -OCH3 is 1. The summed E-state index contributed by atoms with van der Waals surface area (Å²) >= 11 is 1.68. The van der Waals surface area contributed by atoms with Gasteiger partial charge in [-0.3, -0.25) is 4.90 Å². The second-order valence-corrected chi connectivity index (χ2v) is 8.16. The molecule has 1 saturated heterocycles. The van der Waals surface area contributed by atoms with E-state index in [9.17, 15) is 4.79 Å². The van der Waals surface area contributed by atoms with E-state index >= 15 is 0 Å². The number of hydrogen-bond donors (Lipinski definition) is 0. The van der Waals surface area contributed by atoms with Crippen LogP contribution in [0.15, 0.2) is 35.7 Å². The summed E-state index contributed by atoms with van der Waals surface area (Å²) in [6, 6.07) is 8.42. The maximum absolute atomic E-state index is 11.4. The summed E-state index contributed by atoms with van der Waals surface area (Å²) in [5.74, 6) is -0.321. The predicted octanol–water partition coefficient (Wildman–Crippen LogP) is 4.03. The van der Waals surface area contributed by atoms with Gasteiger partial charge in [0.25, 0.3) is 0 Å². The minimum Gasteiger partial charge on any atom is -0.466 e. The maximum atomic E-state index is 11.4. The van der Waals surface area contributed by atoms with Crippen LogP contribution >= 0.6 is 11.3 Å². The van der Waals surface area contributed by atoms with E-state index in [4.69, 9.17) is 4.74 Å². The van der Waals surface area contributed by atoms with Gasteiger partial charge in [-0.25, -0.2) is 9.78 Å². The smallest absolute Gasteiger partial charge is 0.330 e. The molecule has 1 aliphatic heterocycles. The van der Waals surface area contributed by atoms with Crippen molar-refractivity contribution >= 4 is 22.9 Å². The number of morpholine rings is 1. The standard InChI is InChI=1S/C22H28N2O3S/c1-16(13-22(25)26-3)19-8-6-18(7-9-19)5-4-10-24-11-12-27-21(14-24)20-15-28-17(2)23-20/h6-9,13,15,21H,4-5,10-12,14H2,1-3H3. The molecule has 3 rings (SSSR count). The molecule has 0 bridgehead atoms. The Balaban J connectivity index is 1.47. The van der Waals surface area contributed by atoms with Gasteiger partial charge in [0.1, 0.15) is 6.10 Å². The molecule has 28 heavy (non-hydrogen) atoms. The Bertz CT molecular complexity index is 813. The van der Waals surface area contributed by atoms with Crippen LogP contribution in [0.3, 0.4) is 0 Å². The summed E-state index contributed by atoms with van der Waals surface area (Å²) in [6.45, 7) is 7.68. The average Bonchev–Trinajstić information content (AvgIpc) is 3.15. The maximum Gasteiger partial charge on any atom is 0.330 e. The summed E-state index contributed by atoms with van der Waals surface area (Å²) in [5.41, 5.74) is 4.34. The van der Waals surface area contributed by atoms with E-state index in [1.165, 1.54) is 18.7 Å². The largest absolute Gasteiger partial charge is 0.466 e. The molecular formula is C22H28N2O3S. The van der Waals surface area contributed by atoms with Crippen LogP contribution in [0, 0.1) is 6.92 Å². The first-order valence-corrected chi connectivity index (χ1v) is 10.5. The number of esters is 1. The molecule has 5 nitrogen and oxygen atoms in total. The zero-order valence-corrected chi connectivity index (χ0v) is 17.6. The molecule has 0 radical (unpaired) electrons. The van der Waals surface area contributed by atoms with Gasteiger partial charge in [0.05, 0.1) is 24.4 Å². The third kappa shape index (κ3) is 5.74. The van der Waals surface area contributed by atoms with Gasteiger partial charge in [0, 0.05) is 24.5 Å². The lowest BCUT2D eigenvalue weighted by Crippen LogP contribution is -2.39. The highest BCUT2D eigenvalue weighted by Crippen LogP contribution is 2.24. The molecule has 0 aliphatic carbocycles. The molecule has 2 heterocycles. The molecular weight excluding hydrogens is 372 g/mol. The van der Waals surface area contributed by atoms with E-state index in [-0.39, 0.29) is 12.1 Å². The van der Waals surface area contributed by atoms with Crippen molar-refractivity contribution in [2.24, 2.45) is 0 Å². The van der Waals surface area contributed by atoms with Gasteiger partial charge >= 0.3 is 5.97 Å². The minimum absolute atomic E-state index is 0.0996. The predicted molar refractivity (Wildman–Crippen MR) is 112 cm³/mol. The molecule has 1 aromatic heterocycles. The zero-order chi connectivity index (χ0) is 19.9. The molecule has 1 aromatic carbocycles. The van der Waals surface area contributed by atoms with E-state index < -0.39 is 0 Å². The summed E-state index contributed by atoms with van der Waals surface area (Å²) in [6.07, 6.45) is 3.77. The number of aryl methyl sites for hydroxylation is 2. The lowest BCUT2D eigenvalue weighted by Gasteiger charge is -2.32. The van der Waals surface area contributed by atoms with Crippen molar-refractivity contribution in [3.63, 3.8) is 0 Å². The summed E-state index contributed by atoms with van der Waals surface area (Å²) in [5, 5.41) is 3.21. The highest BCUT2D eigenvalue weighted by molar-refractivity contribution is 7.09. The highest BCUT2D eigenvalue weighted by atomic mass is 32.1. The van der Waals surface area contributed by atoms with Gasteiger partial charge in [-0.15, -0.1) is 11.3 Å². The van der Waals surface area contributed by atoms with Crippen molar-refractivity contribution in [1.29, 1.82) is 0 Å². The van der Waals surface area contributed by atoms with Gasteiger partial charge in [-0.2, -0.15) is 0 Å². The second-order valence-electron chi connectivity index (χ2n) is 7.10. The fourth-order valence-electron chi connectivity index (χ4n) is 3.37. The topological polar surface area (TPSA) is 51.7 Å². The monoisotopic (exact) mass is 400 g/mol. The Labute approximate surface area is 171 Å². The van der Waals surface area contributed by atoms with Crippen molar-refractivity contribution in [2.75, 3.05) is 33.4 Å². The third-order valence-corrected chi connectivity index (χ3v) is 5.79. The van der Waals surface area contributed by atoms with Gasteiger partial charge in [0.2, 0.25) is 0 Å². The lowest BCUT2D eigenvalue weighted by molar-refractivity contribution is -0.134. The first-order valence-electron chi connectivity index (χ1n) is 9.66. The zero-order valence-electron chi connectivity index (χ0n) is 16.8. The fourth-order valence-corrected chi connectivity index (χ4v) is 4.03. The Kier molecular flexibility index (Phi) is 7.36. The van der Waals surface area contributed by atoms with Crippen molar-refractivity contribution in [3.05, 3.63) is 57.6 Å². The Hall–Kier alpha value is -2.02. The molecule has 2 aromatic rings. The molecule has 150 valence electrons. The number of hydrogen-bond acceptors (Lipinski definition) is 6. The number of carbonyl (C=O) groups is 1.